The van der Waals surface area contributed by atoms with Gasteiger partial charge >= 0.3 is 6.03 Å². The smallest absolute Gasteiger partial charge is 0.308 e. The first-order valence-corrected chi connectivity index (χ1v) is 8.37. The first-order valence-electron chi connectivity index (χ1n) is 8.37. The van der Waals surface area contributed by atoms with Crippen molar-refractivity contribution in [3.8, 4) is 5.69 Å². The van der Waals surface area contributed by atoms with E-state index in [0.29, 0.717) is 5.69 Å². The fourth-order valence-electron chi connectivity index (χ4n) is 2.49. The fraction of sp³-hybridized carbons (Fsp3) is 0.278. The predicted octanol–water partition coefficient (Wildman–Crippen LogP) is 2.58. The predicted molar refractivity (Wildman–Crippen MR) is 102 cm³/mol. The van der Waals surface area contributed by atoms with Gasteiger partial charge in [-0.15, -0.1) is 0 Å². The number of nitrogens with zero attached hydrogens (tertiary/aromatic N) is 5. The van der Waals surface area contributed by atoms with Crippen molar-refractivity contribution in [1.82, 2.24) is 24.5 Å². The Hall–Kier alpha value is -3.13. The molecule has 2 heterocycles. The van der Waals surface area contributed by atoms with Crippen LogP contribution < -0.4 is 10.6 Å². The van der Waals surface area contributed by atoms with Crippen molar-refractivity contribution in [3.05, 3.63) is 54.6 Å². The van der Waals surface area contributed by atoms with Gasteiger partial charge < -0.3 is 15.5 Å². The second kappa shape index (κ2) is 7.83. The van der Waals surface area contributed by atoms with E-state index in [0.717, 1.165) is 30.0 Å². The second-order valence-corrected chi connectivity index (χ2v) is 6.32. The van der Waals surface area contributed by atoms with Crippen molar-refractivity contribution in [2.75, 3.05) is 31.3 Å². The number of carbonyl (C=O) groups excluding carboxylic acids is 1. The van der Waals surface area contributed by atoms with Crippen LogP contribution >= 0.6 is 0 Å². The Labute approximate surface area is 152 Å². The molecule has 0 saturated carbocycles. The molecule has 2 aromatic heterocycles. The monoisotopic (exact) mass is 353 g/mol. The molecule has 0 aliphatic rings. The molecule has 0 aliphatic heterocycles. The first kappa shape index (κ1) is 17.7. The van der Waals surface area contributed by atoms with Gasteiger partial charge in [-0.1, -0.05) is 0 Å². The van der Waals surface area contributed by atoms with Gasteiger partial charge in [-0.05, 0) is 50.8 Å². The number of likely N-dealkylation sites (N-methyl/N-ethyl adjacent to an activating group) is 1. The molecule has 0 radical (unpaired) electrons. The molecule has 0 bridgehead atoms. The Morgan fingerprint density at radius 1 is 1.23 bits per heavy atom. The number of nitrogens with one attached hydrogen (secondary N) is 2. The minimum atomic E-state index is -0.299. The maximum absolute atomic E-state index is 12.2. The number of anilines is 2. The Balaban J connectivity index is 1.60. The van der Waals surface area contributed by atoms with Crippen molar-refractivity contribution in [2.24, 2.45) is 0 Å². The molecule has 1 aromatic carbocycles. The topological polar surface area (TPSA) is 80.0 Å². The zero-order valence-electron chi connectivity index (χ0n) is 15.2. The van der Waals surface area contributed by atoms with Crippen LogP contribution in [0.25, 0.3) is 5.69 Å². The highest BCUT2D eigenvalue weighted by atomic mass is 16.2. The Bertz CT molecular complexity index is 868. The lowest BCUT2D eigenvalue weighted by Gasteiger charge is -2.11. The number of urea groups is 1. The quantitative estimate of drug-likeness (QED) is 0.714. The van der Waals surface area contributed by atoms with Crippen molar-refractivity contribution < 1.29 is 4.79 Å². The second-order valence-electron chi connectivity index (χ2n) is 6.32. The van der Waals surface area contributed by atoms with E-state index in [2.05, 4.69) is 25.7 Å². The molecule has 0 saturated heterocycles. The van der Waals surface area contributed by atoms with Gasteiger partial charge in [-0.3, -0.25) is 4.68 Å². The summed E-state index contributed by atoms with van der Waals surface area (Å²) in [5.74, 6) is 0. The van der Waals surface area contributed by atoms with Gasteiger partial charge in [0.15, 0.2) is 0 Å². The fourth-order valence-corrected chi connectivity index (χ4v) is 2.49. The van der Waals surface area contributed by atoms with Gasteiger partial charge in [0.05, 0.1) is 24.1 Å². The summed E-state index contributed by atoms with van der Waals surface area (Å²) >= 11 is 0. The van der Waals surface area contributed by atoms with E-state index < -0.39 is 0 Å². The summed E-state index contributed by atoms with van der Waals surface area (Å²) in [6.45, 7) is 3.60. The third-order valence-corrected chi connectivity index (χ3v) is 3.89. The third kappa shape index (κ3) is 4.48. The molecular formula is C18H23N7O. The van der Waals surface area contributed by atoms with E-state index in [1.54, 1.807) is 21.8 Å². The highest BCUT2D eigenvalue weighted by Crippen LogP contribution is 2.19. The van der Waals surface area contributed by atoms with E-state index in [-0.39, 0.29) is 6.03 Å². The first-order chi connectivity index (χ1) is 12.5. The Morgan fingerprint density at radius 2 is 2.08 bits per heavy atom. The van der Waals surface area contributed by atoms with Gasteiger partial charge in [0.25, 0.3) is 0 Å². The average Bonchev–Trinajstić information content (AvgIpc) is 3.26. The lowest BCUT2D eigenvalue weighted by atomic mass is 10.2. The van der Waals surface area contributed by atoms with E-state index in [9.17, 15) is 4.79 Å². The van der Waals surface area contributed by atoms with Gasteiger partial charge in [-0.2, -0.15) is 10.2 Å². The van der Waals surface area contributed by atoms with E-state index >= 15 is 0 Å². The Kier molecular flexibility index (Phi) is 5.33. The van der Waals surface area contributed by atoms with Crippen LogP contribution in [0.2, 0.25) is 0 Å². The Morgan fingerprint density at radius 3 is 2.77 bits per heavy atom. The number of aryl methyl sites for hydroxylation is 1. The van der Waals surface area contributed by atoms with Crippen LogP contribution in [0.1, 0.15) is 5.56 Å². The molecule has 136 valence electrons. The standard InChI is InChI=1S/C18H23N7O/c1-14-11-16(25-8-4-7-19-25)5-6-17(14)22-18(26)21-15-12-20-24(13-15)10-9-23(2)3/h4-8,11-13H,9-10H2,1-3H3,(H2,21,22,26). The normalized spacial score (nSPS) is 10.9. The summed E-state index contributed by atoms with van der Waals surface area (Å²) < 4.78 is 3.58. The maximum atomic E-state index is 12.2. The minimum Gasteiger partial charge on any atom is -0.308 e. The summed E-state index contributed by atoms with van der Waals surface area (Å²) in [6, 6.07) is 7.32. The van der Waals surface area contributed by atoms with Crippen LogP contribution in [0.4, 0.5) is 16.2 Å². The highest BCUT2D eigenvalue weighted by Gasteiger charge is 2.08. The van der Waals surface area contributed by atoms with Crippen LogP contribution in [0.15, 0.2) is 49.1 Å². The number of benzene rings is 1. The summed E-state index contributed by atoms with van der Waals surface area (Å²) in [4.78, 5) is 14.3. The van der Waals surface area contributed by atoms with Crippen LogP contribution in [-0.2, 0) is 6.54 Å². The van der Waals surface area contributed by atoms with Crippen molar-refractivity contribution >= 4 is 17.4 Å². The number of hydrogen-bond donors (Lipinski definition) is 2. The number of amides is 2. The van der Waals surface area contributed by atoms with Crippen molar-refractivity contribution in [2.45, 2.75) is 13.5 Å². The zero-order chi connectivity index (χ0) is 18.5. The lowest BCUT2D eigenvalue weighted by Crippen LogP contribution is -2.20. The summed E-state index contributed by atoms with van der Waals surface area (Å²) in [6.07, 6.45) is 7.07. The molecular weight excluding hydrogens is 330 g/mol. The summed E-state index contributed by atoms with van der Waals surface area (Å²) in [5.41, 5.74) is 3.31. The molecule has 2 amide bonds. The van der Waals surface area contributed by atoms with Crippen LogP contribution in [0.5, 0.6) is 0 Å². The zero-order valence-corrected chi connectivity index (χ0v) is 15.2. The molecule has 26 heavy (non-hydrogen) atoms. The summed E-state index contributed by atoms with van der Waals surface area (Å²) in [7, 11) is 4.02. The van der Waals surface area contributed by atoms with Gasteiger partial charge in [0, 0.05) is 30.8 Å². The largest absolute Gasteiger partial charge is 0.323 e. The van der Waals surface area contributed by atoms with Gasteiger partial charge in [0.1, 0.15) is 0 Å². The van der Waals surface area contributed by atoms with Gasteiger partial charge in [-0.25, -0.2) is 9.48 Å². The molecule has 8 heteroatoms. The number of carbonyl (C=O) groups is 1. The van der Waals surface area contributed by atoms with E-state index in [1.807, 2.05) is 57.7 Å². The number of rotatable bonds is 6. The molecule has 8 nitrogen and oxygen atoms in total. The van der Waals surface area contributed by atoms with Crippen LogP contribution in [0, 0.1) is 6.92 Å². The highest BCUT2D eigenvalue weighted by molar-refractivity contribution is 6.00. The molecule has 3 rings (SSSR count). The van der Waals surface area contributed by atoms with Crippen molar-refractivity contribution in [3.63, 3.8) is 0 Å². The average molecular weight is 353 g/mol. The molecule has 3 aromatic rings. The SMILES string of the molecule is Cc1cc(-n2cccn2)ccc1NC(=O)Nc1cnn(CCN(C)C)c1. The third-order valence-electron chi connectivity index (χ3n) is 3.89. The molecule has 0 atom stereocenters. The number of aromatic nitrogens is 4. The molecule has 0 fully saturated rings. The lowest BCUT2D eigenvalue weighted by molar-refractivity contribution is 0.262. The van der Waals surface area contributed by atoms with Crippen LogP contribution in [0.3, 0.4) is 0 Å². The summed E-state index contributed by atoms with van der Waals surface area (Å²) in [5, 5.41) is 14.1. The molecule has 0 unspecified atom stereocenters. The van der Waals surface area contributed by atoms with Crippen molar-refractivity contribution in [1.29, 1.82) is 0 Å². The molecule has 0 spiro atoms. The maximum Gasteiger partial charge on any atom is 0.323 e. The van der Waals surface area contributed by atoms with E-state index in [1.165, 1.54) is 0 Å². The number of hydrogen-bond acceptors (Lipinski definition) is 4. The molecule has 2 N–H and O–H groups in total. The minimum absolute atomic E-state index is 0.299. The van der Waals surface area contributed by atoms with Gasteiger partial charge in [0.2, 0.25) is 0 Å². The van der Waals surface area contributed by atoms with Crippen LogP contribution in [-0.4, -0.2) is 51.1 Å². The van der Waals surface area contributed by atoms with E-state index in [4.69, 9.17) is 0 Å². The molecule has 0 aliphatic carbocycles.